The summed E-state index contributed by atoms with van der Waals surface area (Å²) < 4.78 is 5.77. The Hall–Kier alpha value is -3.32. The molecule has 2 atom stereocenters. The van der Waals surface area contributed by atoms with Gasteiger partial charge in [-0.05, 0) is 62.7 Å². The van der Waals surface area contributed by atoms with Crippen molar-refractivity contribution in [1.29, 1.82) is 0 Å². The molecule has 1 N–H and O–H groups in total. The van der Waals surface area contributed by atoms with E-state index in [2.05, 4.69) is 16.0 Å². The van der Waals surface area contributed by atoms with E-state index in [0.717, 1.165) is 53.1 Å². The second kappa shape index (κ2) is 7.87. The number of benzene rings is 2. The van der Waals surface area contributed by atoms with Crippen molar-refractivity contribution in [1.82, 2.24) is 19.7 Å². The second-order valence-electron chi connectivity index (χ2n) is 9.73. The number of urea groups is 1. The molecule has 0 radical (unpaired) electrons. The SMILES string of the molecule is CCOc1ccc2[nH]c3c(c2c1)C[C@@]1(C)C(=O)N(CCN2CCC2)C(=O)N1[C@@H]3c1ccccc1. The molecule has 1 aromatic heterocycles. The molecule has 0 bridgehead atoms. The van der Waals surface area contributed by atoms with E-state index in [9.17, 15) is 9.59 Å². The highest BCUT2D eigenvalue weighted by molar-refractivity contribution is 6.08. The molecule has 34 heavy (non-hydrogen) atoms. The van der Waals surface area contributed by atoms with Crippen LogP contribution in [0.1, 0.15) is 43.1 Å². The molecule has 2 aromatic carbocycles. The summed E-state index contributed by atoms with van der Waals surface area (Å²) >= 11 is 0. The Morgan fingerprint density at radius 1 is 1.09 bits per heavy atom. The molecule has 176 valence electrons. The van der Waals surface area contributed by atoms with Crippen LogP contribution in [0, 0.1) is 0 Å². The van der Waals surface area contributed by atoms with Crippen LogP contribution in [0.25, 0.3) is 10.9 Å². The first-order valence-corrected chi connectivity index (χ1v) is 12.2. The zero-order valence-electron chi connectivity index (χ0n) is 19.7. The highest BCUT2D eigenvalue weighted by Crippen LogP contribution is 2.48. The third-order valence-electron chi connectivity index (χ3n) is 7.65. The Kier molecular flexibility index (Phi) is 4.92. The summed E-state index contributed by atoms with van der Waals surface area (Å²) in [6.45, 7) is 7.76. The predicted octanol–water partition coefficient (Wildman–Crippen LogP) is 3.94. The summed E-state index contributed by atoms with van der Waals surface area (Å²) in [5, 5.41) is 1.06. The van der Waals surface area contributed by atoms with E-state index in [1.54, 1.807) is 0 Å². The molecule has 0 unspecified atom stereocenters. The Labute approximate surface area is 199 Å². The molecule has 7 heteroatoms. The monoisotopic (exact) mass is 458 g/mol. The van der Waals surface area contributed by atoms with Crippen LogP contribution in [-0.2, 0) is 11.2 Å². The molecule has 3 aliphatic heterocycles. The fourth-order valence-corrected chi connectivity index (χ4v) is 5.77. The van der Waals surface area contributed by atoms with Gasteiger partial charge < -0.3 is 14.6 Å². The molecule has 3 aliphatic rings. The van der Waals surface area contributed by atoms with Crippen molar-refractivity contribution in [3.05, 3.63) is 65.4 Å². The molecule has 7 nitrogen and oxygen atoms in total. The van der Waals surface area contributed by atoms with Crippen LogP contribution in [0.15, 0.2) is 48.5 Å². The van der Waals surface area contributed by atoms with Gasteiger partial charge in [0, 0.05) is 36.1 Å². The average Bonchev–Trinajstić information content (AvgIpc) is 3.25. The molecular formula is C27H30N4O3. The van der Waals surface area contributed by atoms with Crippen molar-refractivity contribution < 1.29 is 14.3 Å². The third kappa shape index (κ3) is 3.06. The van der Waals surface area contributed by atoms with Crippen LogP contribution < -0.4 is 4.74 Å². The Bertz CT molecular complexity index is 1270. The number of aromatic nitrogens is 1. The maximum absolute atomic E-state index is 13.8. The van der Waals surface area contributed by atoms with Gasteiger partial charge >= 0.3 is 6.03 Å². The van der Waals surface area contributed by atoms with Crippen molar-refractivity contribution in [2.24, 2.45) is 0 Å². The van der Waals surface area contributed by atoms with Crippen LogP contribution in [0.5, 0.6) is 5.75 Å². The van der Waals surface area contributed by atoms with Crippen LogP contribution in [0.4, 0.5) is 4.79 Å². The first kappa shape index (κ1) is 21.2. The molecule has 2 saturated heterocycles. The molecule has 2 fully saturated rings. The molecule has 0 saturated carbocycles. The van der Waals surface area contributed by atoms with Gasteiger partial charge in [-0.2, -0.15) is 0 Å². The van der Waals surface area contributed by atoms with E-state index in [4.69, 9.17) is 4.74 Å². The Balaban J connectivity index is 1.48. The maximum Gasteiger partial charge on any atom is 0.328 e. The highest BCUT2D eigenvalue weighted by atomic mass is 16.5. The lowest BCUT2D eigenvalue weighted by Gasteiger charge is -2.42. The van der Waals surface area contributed by atoms with Gasteiger partial charge in [-0.15, -0.1) is 0 Å². The summed E-state index contributed by atoms with van der Waals surface area (Å²) in [5.41, 5.74) is 3.13. The topological polar surface area (TPSA) is 68.9 Å². The Morgan fingerprint density at radius 2 is 1.88 bits per heavy atom. The first-order valence-electron chi connectivity index (χ1n) is 12.2. The average molecular weight is 459 g/mol. The summed E-state index contributed by atoms with van der Waals surface area (Å²) in [5.74, 6) is 0.713. The van der Waals surface area contributed by atoms with E-state index in [1.165, 1.54) is 11.3 Å². The van der Waals surface area contributed by atoms with Gasteiger partial charge in [0.05, 0.1) is 6.61 Å². The number of carbonyl (C=O) groups excluding carboxylic acids is 2. The lowest BCUT2D eigenvalue weighted by Crippen LogP contribution is -2.53. The number of hydrogen-bond donors (Lipinski definition) is 1. The van der Waals surface area contributed by atoms with E-state index < -0.39 is 5.54 Å². The summed E-state index contributed by atoms with van der Waals surface area (Å²) in [7, 11) is 0. The van der Waals surface area contributed by atoms with Crippen molar-refractivity contribution in [2.75, 3.05) is 32.8 Å². The van der Waals surface area contributed by atoms with Crippen LogP contribution >= 0.6 is 0 Å². The fourth-order valence-electron chi connectivity index (χ4n) is 5.77. The fraction of sp³-hybridized carbons (Fsp3) is 0.407. The molecular weight excluding hydrogens is 428 g/mol. The normalized spacial score (nSPS) is 24.4. The number of nitrogens with zero attached hydrogens (tertiary/aromatic N) is 3. The van der Waals surface area contributed by atoms with Crippen LogP contribution in [0.3, 0.4) is 0 Å². The number of amides is 3. The van der Waals surface area contributed by atoms with Crippen molar-refractivity contribution in [3.63, 3.8) is 0 Å². The summed E-state index contributed by atoms with van der Waals surface area (Å²) in [6, 6.07) is 15.5. The lowest BCUT2D eigenvalue weighted by atomic mass is 9.81. The number of imide groups is 1. The largest absolute Gasteiger partial charge is 0.494 e. The minimum absolute atomic E-state index is 0.0973. The van der Waals surface area contributed by atoms with E-state index in [-0.39, 0.29) is 18.0 Å². The van der Waals surface area contributed by atoms with Gasteiger partial charge in [-0.25, -0.2) is 4.79 Å². The standard InChI is InChI=1S/C27H30N4O3/c1-3-34-19-10-11-22-20(16-19)21-17-27(2)25(32)30(15-14-29-12-7-13-29)26(33)31(27)24(23(21)28-22)18-8-5-4-6-9-18/h4-6,8-11,16,24,28H,3,7,12-15,17H2,1-2H3/t24-,27+/m1/s1. The number of hydrogen-bond acceptors (Lipinski definition) is 4. The first-order chi connectivity index (χ1) is 16.5. The number of aromatic amines is 1. The molecule has 4 heterocycles. The third-order valence-corrected chi connectivity index (χ3v) is 7.65. The zero-order valence-corrected chi connectivity index (χ0v) is 19.7. The predicted molar refractivity (Wildman–Crippen MR) is 130 cm³/mol. The van der Waals surface area contributed by atoms with Gasteiger partial charge in [0.25, 0.3) is 5.91 Å². The summed E-state index contributed by atoms with van der Waals surface area (Å²) in [6.07, 6.45) is 1.67. The number of carbonyl (C=O) groups is 2. The van der Waals surface area contributed by atoms with Gasteiger partial charge in [0.15, 0.2) is 0 Å². The van der Waals surface area contributed by atoms with E-state index in [1.807, 2.05) is 61.2 Å². The van der Waals surface area contributed by atoms with Gasteiger partial charge in [-0.3, -0.25) is 14.6 Å². The summed E-state index contributed by atoms with van der Waals surface area (Å²) in [4.78, 5) is 36.8. The molecule has 6 rings (SSSR count). The lowest BCUT2D eigenvalue weighted by molar-refractivity contribution is -0.133. The number of rotatable bonds is 6. The van der Waals surface area contributed by atoms with Crippen molar-refractivity contribution >= 4 is 22.8 Å². The number of ether oxygens (including phenoxy) is 1. The van der Waals surface area contributed by atoms with Gasteiger partial charge in [-0.1, -0.05) is 30.3 Å². The number of nitrogens with one attached hydrogen (secondary N) is 1. The minimum atomic E-state index is -0.934. The highest BCUT2D eigenvalue weighted by Gasteiger charge is 2.60. The maximum atomic E-state index is 13.8. The van der Waals surface area contributed by atoms with Crippen LogP contribution in [0.2, 0.25) is 0 Å². The van der Waals surface area contributed by atoms with Crippen LogP contribution in [-0.4, -0.2) is 69.9 Å². The number of fused-ring (bicyclic) bond motifs is 4. The smallest absolute Gasteiger partial charge is 0.328 e. The molecule has 0 spiro atoms. The molecule has 3 aromatic rings. The zero-order chi connectivity index (χ0) is 23.4. The van der Waals surface area contributed by atoms with Crippen molar-refractivity contribution in [3.8, 4) is 5.75 Å². The molecule has 3 amide bonds. The Morgan fingerprint density at radius 3 is 2.59 bits per heavy atom. The second-order valence-corrected chi connectivity index (χ2v) is 9.73. The minimum Gasteiger partial charge on any atom is -0.494 e. The van der Waals surface area contributed by atoms with E-state index >= 15 is 0 Å². The van der Waals surface area contributed by atoms with Crippen molar-refractivity contribution in [2.45, 2.75) is 38.3 Å². The van der Waals surface area contributed by atoms with Gasteiger partial charge in [0.2, 0.25) is 0 Å². The number of H-pyrrole nitrogens is 1. The van der Waals surface area contributed by atoms with Gasteiger partial charge in [0.1, 0.15) is 17.3 Å². The van der Waals surface area contributed by atoms with E-state index in [0.29, 0.717) is 19.6 Å². The molecule has 0 aliphatic carbocycles. The quantitative estimate of drug-likeness (QED) is 0.568. The number of likely N-dealkylation sites (tertiary alicyclic amines) is 1.